The summed E-state index contributed by atoms with van der Waals surface area (Å²) in [6.45, 7) is 3.30. The highest BCUT2D eigenvalue weighted by molar-refractivity contribution is 5.90. The largest absolute Gasteiger partial charge is 0.497 e. The molecule has 0 aliphatic heterocycles. The maximum Gasteiger partial charge on any atom is 0.338 e. The normalized spacial score (nSPS) is 13.3. The first-order valence-electron chi connectivity index (χ1n) is 5.92. The Morgan fingerprint density at radius 3 is 2.42 bits per heavy atom. The maximum absolute atomic E-state index is 11.9. The van der Waals surface area contributed by atoms with E-state index in [1.807, 2.05) is 0 Å². The number of hydrogen-bond donors (Lipinski definition) is 0. The van der Waals surface area contributed by atoms with E-state index < -0.39 is 24.0 Å². The van der Waals surface area contributed by atoms with Crippen LogP contribution in [-0.4, -0.2) is 32.3 Å². The van der Waals surface area contributed by atoms with Crippen LogP contribution in [0.5, 0.6) is 5.75 Å². The predicted molar refractivity (Wildman–Crippen MR) is 69.1 cm³/mol. The molecule has 0 bridgehead atoms. The minimum atomic E-state index is -0.564. The lowest BCUT2D eigenvalue weighted by Crippen LogP contribution is -2.29. The Labute approximate surface area is 112 Å². The number of hydrogen-bond acceptors (Lipinski definition) is 5. The predicted octanol–water partition coefficient (Wildman–Crippen LogP) is 2.05. The smallest absolute Gasteiger partial charge is 0.338 e. The molecular weight excluding hydrogens is 248 g/mol. The minimum Gasteiger partial charge on any atom is -0.497 e. The molecule has 0 N–H and O–H groups in total. The standard InChI is InChI=1S/C14H18O5/c1-9(13(15)18-4)10(2)19-14(16)11-6-5-7-12(8-11)17-3/h5-10H,1-4H3/t9-,10-/m1/s1. The van der Waals surface area contributed by atoms with Crippen molar-refractivity contribution in [2.75, 3.05) is 14.2 Å². The van der Waals surface area contributed by atoms with Gasteiger partial charge in [0, 0.05) is 0 Å². The quantitative estimate of drug-likeness (QED) is 0.763. The highest BCUT2D eigenvalue weighted by Gasteiger charge is 2.24. The molecule has 0 aliphatic carbocycles. The molecule has 1 aromatic rings. The lowest BCUT2D eigenvalue weighted by Gasteiger charge is -2.18. The number of carbonyl (C=O) groups is 2. The van der Waals surface area contributed by atoms with Crippen LogP contribution in [-0.2, 0) is 14.3 Å². The third-order valence-corrected chi connectivity index (χ3v) is 2.88. The fraction of sp³-hybridized carbons (Fsp3) is 0.429. The Balaban J connectivity index is 2.71. The summed E-state index contributed by atoms with van der Waals surface area (Å²) in [6.07, 6.45) is -0.564. The number of carbonyl (C=O) groups excluding carboxylic acids is 2. The number of methoxy groups -OCH3 is 2. The van der Waals surface area contributed by atoms with Gasteiger partial charge in [0.2, 0.25) is 0 Å². The summed E-state index contributed by atoms with van der Waals surface area (Å²) in [5.74, 6) is -0.851. The van der Waals surface area contributed by atoms with Gasteiger partial charge in [-0.3, -0.25) is 4.79 Å². The molecule has 0 unspecified atom stereocenters. The van der Waals surface area contributed by atoms with E-state index >= 15 is 0 Å². The van der Waals surface area contributed by atoms with Crippen LogP contribution in [0.3, 0.4) is 0 Å². The molecule has 0 aromatic heterocycles. The SMILES string of the molecule is COC(=O)[C@H](C)[C@@H](C)OC(=O)c1cccc(OC)c1. The fourth-order valence-corrected chi connectivity index (χ4v) is 1.47. The van der Waals surface area contributed by atoms with Gasteiger partial charge in [-0.2, -0.15) is 0 Å². The van der Waals surface area contributed by atoms with Gasteiger partial charge in [-0.15, -0.1) is 0 Å². The molecule has 1 aromatic carbocycles. The summed E-state index contributed by atoms with van der Waals surface area (Å²) in [5, 5.41) is 0. The molecule has 0 saturated heterocycles. The second-order valence-corrected chi connectivity index (χ2v) is 4.15. The molecule has 0 spiro atoms. The topological polar surface area (TPSA) is 61.8 Å². The Morgan fingerprint density at radius 2 is 1.84 bits per heavy atom. The molecule has 0 amide bonds. The Hall–Kier alpha value is -2.04. The van der Waals surface area contributed by atoms with E-state index in [4.69, 9.17) is 9.47 Å². The van der Waals surface area contributed by atoms with Crippen molar-refractivity contribution in [3.05, 3.63) is 29.8 Å². The molecule has 0 aliphatic rings. The van der Waals surface area contributed by atoms with Crippen molar-refractivity contribution in [2.24, 2.45) is 5.92 Å². The van der Waals surface area contributed by atoms with Crippen molar-refractivity contribution < 1.29 is 23.8 Å². The van der Waals surface area contributed by atoms with E-state index in [0.717, 1.165) is 0 Å². The molecule has 5 nitrogen and oxygen atoms in total. The summed E-state index contributed by atoms with van der Waals surface area (Å²) in [6, 6.07) is 6.64. The summed E-state index contributed by atoms with van der Waals surface area (Å²) in [7, 11) is 2.82. The van der Waals surface area contributed by atoms with Crippen LogP contribution in [0, 0.1) is 5.92 Å². The van der Waals surface area contributed by atoms with Gasteiger partial charge in [0.1, 0.15) is 11.9 Å². The zero-order chi connectivity index (χ0) is 14.4. The molecule has 19 heavy (non-hydrogen) atoms. The van der Waals surface area contributed by atoms with Crippen LogP contribution >= 0.6 is 0 Å². The molecule has 2 atom stereocenters. The molecule has 0 saturated carbocycles. The van der Waals surface area contributed by atoms with Gasteiger partial charge < -0.3 is 14.2 Å². The van der Waals surface area contributed by atoms with Crippen LogP contribution in [0.1, 0.15) is 24.2 Å². The summed E-state index contributed by atoms with van der Waals surface area (Å²) in [4.78, 5) is 23.2. The van der Waals surface area contributed by atoms with E-state index in [-0.39, 0.29) is 0 Å². The summed E-state index contributed by atoms with van der Waals surface area (Å²) in [5.41, 5.74) is 0.378. The molecule has 1 rings (SSSR count). The van der Waals surface area contributed by atoms with Gasteiger partial charge >= 0.3 is 11.9 Å². The van der Waals surface area contributed by atoms with Crippen LogP contribution in [0.2, 0.25) is 0 Å². The summed E-state index contributed by atoms with van der Waals surface area (Å²) >= 11 is 0. The zero-order valence-corrected chi connectivity index (χ0v) is 11.5. The van der Waals surface area contributed by atoms with Crippen molar-refractivity contribution in [3.8, 4) is 5.75 Å². The van der Waals surface area contributed by atoms with Gasteiger partial charge in [-0.25, -0.2) is 4.79 Å². The van der Waals surface area contributed by atoms with Gasteiger partial charge in [0.25, 0.3) is 0 Å². The van der Waals surface area contributed by atoms with Crippen LogP contribution < -0.4 is 4.74 Å². The summed E-state index contributed by atoms with van der Waals surface area (Å²) < 4.78 is 14.9. The Bertz CT molecular complexity index is 455. The van der Waals surface area contributed by atoms with Gasteiger partial charge in [0.05, 0.1) is 25.7 Å². The Morgan fingerprint density at radius 1 is 1.16 bits per heavy atom. The second kappa shape index (κ2) is 6.78. The lowest BCUT2D eigenvalue weighted by atomic mass is 10.1. The molecule has 0 fully saturated rings. The molecular formula is C14H18O5. The highest BCUT2D eigenvalue weighted by Crippen LogP contribution is 2.16. The first-order chi connectivity index (χ1) is 8.99. The fourth-order valence-electron chi connectivity index (χ4n) is 1.47. The van der Waals surface area contributed by atoms with Gasteiger partial charge in [-0.1, -0.05) is 6.07 Å². The number of benzene rings is 1. The van der Waals surface area contributed by atoms with Gasteiger partial charge in [-0.05, 0) is 32.0 Å². The van der Waals surface area contributed by atoms with Gasteiger partial charge in [0.15, 0.2) is 0 Å². The van der Waals surface area contributed by atoms with Crippen molar-refractivity contribution in [3.63, 3.8) is 0 Å². The average molecular weight is 266 g/mol. The maximum atomic E-state index is 11.9. The van der Waals surface area contributed by atoms with Crippen LogP contribution in [0.15, 0.2) is 24.3 Å². The monoisotopic (exact) mass is 266 g/mol. The van der Waals surface area contributed by atoms with Crippen LogP contribution in [0.4, 0.5) is 0 Å². The second-order valence-electron chi connectivity index (χ2n) is 4.15. The first-order valence-corrected chi connectivity index (χ1v) is 5.92. The van der Waals surface area contributed by atoms with E-state index in [1.54, 1.807) is 38.1 Å². The number of esters is 2. The molecule has 104 valence electrons. The highest BCUT2D eigenvalue weighted by atomic mass is 16.6. The lowest BCUT2D eigenvalue weighted by molar-refractivity contribution is -0.148. The van der Waals surface area contributed by atoms with Crippen molar-refractivity contribution >= 4 is 11.9 Å². The van der Waals surface area contributed by atoms with E-state index in [1.165, 1.54) is 14.2 Å². The number of rotatable bonds is 5. The van der Waals surface area contributed by atoms with Crippen molar-refractivity contribution in [1.82, 2.24) is 0 Å². The van der Waals surface area contributed by atoms with Crippen molar-refractivity contribution in [1.29, 1.82) is 0 Å². The third kappa shape index (κ3) is 3.98. The molecule has 0 radical (unpaired) electrons. The third-order valence-electron chi connectivity index (χ3n) is 2.88. The molecule has 5 heteroatoms. The number of ether oxygens (including phenoxy) is 3. The van der Waals surface area contributed by atoms with Crippen molar-refractivity contribution in [2.45, 2.75) is 20.0 Å². The zero-order valence-electron chi connectivity index (χ0n) is 11.5. The minimum absolute atomic E-state index is 0.378. The molecule has 0 heterocycles. The van der Waals surface area contributed by atoms with E-state index in [9.17, 15) is 9.59 Å². The Kier molecular flexibility index (Phi) is 5.36. The average Bonchev–Trinajstić information content (AvgIpc) is 2.45. The first kappa shape index (κ1) is 15.0. The van der Waals surface area contributed by atoms with E-state index in [2.05, 4.69) is 4.74 Å². The van der Waals surface area contributed by atoms with Crippen LogP contribution in [0.25, 0.3) is 0 Å². The van der Waals surface area contributed by atoms with E-state index in [0.29, 0.717) is 11.3 Å².